The highest BCUT2D eigenvalue weighted by Gasteiger charge is 2.02. The predicted octanol–water partition coefficient (Wildman–Crippen LogP) is 1.79. The van der Waals surface area contributed by atoms with Crippen LogP contribution in [-0.4, -0.2) is 4.98 Å². The van der Waals surface area contributed by atoms with Crippen molar-refractivity contribution in [3.8, 4) is 0 Å². The number of aromatic nitrogens is 1. The van der Waals surface area contributed by atoms with Crippen LogP contribution in [0.4, 0.5) is 5.69 Å². The van der Waals surface area contributed by atoms with Crippen LogP contribution in [0, 0.1) is 0 Å². The van der Waals surface area contributed by atoms with E-state index in [1.165, 1.54) is 0 Å². The van der Waals surface area contributed by atoms with Crippen molar-refractivity contribution in [3.05, 3.63) is 24.0 Å². The Hall–Kier alpha value is -1.05. The topological polar surface area (TPSA) is 38.9 Å². The van der Waals surface area contributed by atoms with Crippen LogP contribution in [0.5, 0.6) is 0 Å². The van der Waals surface area contributed by atoms with E-state index in [1.54, 1.807) is 6.20 Å². The third kappa shape index (κ3) is 1.26. The van der Waals surface area contributed by atoms with E-state index in [2.05, 4.69) is 18.8 Å². The SMILES string of the molecule is CC(C)c1ncccc1N. The molecule has 1 heterocycles. The number of rotatable bonds is 1. The van der Waals surface area contributed by atoms with Gasteiger partial charge in [0.25, 0.3) is 0 Å². The highest BCUT2D eigenvalue weighted by molar-refractivity contribution is 5.43. The minimum Gasteiger partial charge on any atom is -0.397 e. The van der Waals surface area contributed by atoms with Crippen LogP contribution in [0.3, 0.4) is 0 Å². The summed E-state index contributed by atoms with van der Waals surface area (Å²) in [4.78, 5) is 4.15. The largest absolute Gasteiger partial charge is 0.397 e. The van der Waals surface area contributed by atoms with Gasteiger partial charge in [0.15, 0.2) is 0 Å². The molecule has 2 N–H and O–H groups in total. The first kappa shape index (κ1) is 7.06. The molecule has 1 aromatic rings. The average molecular weight is 136 g/mol. The predicted molar refractivity (Wildman–Crippen MR) is 42.7 cm³/mol. The van der Waals surface area contributed by atoms with E-state index in [0.717, 1.165) is 11.4 Å². The molecule has 0 aromatic carbocycles. The molecule has 2 heteroatoms. The molecule has 0 saturated carbocycles. The maximum Gasteiger partial charge on any atom is 0.0657 e. The number of hydrogen-bond donors (Lipinski definition) is 1. The Bertz CT molecular complexity index is 218. The maximum atomic E-state index is 5.66. The number of nitrogen functional groups attached to an aromatic ring is 1. The molecule has 0 atom stereocenters. The summed E-state index contributed by atoms with van der Waals surface area (Å²) in [5.74, 6) is 0.418. The Balaban J connectivity index is 3.03. The molecule has 0 saturated heterocycles. The minimum atomic E-state index is 0.418. The molecule has 54 valence electrons. The van der Waals surface area contributed by atoms with Gasteiger partial charge in [0.2, 0.25) is 0 Å². The van der Waals surface area contributed by atoms with Crippen LogP contribution in [-0.2, 0) is 0 Å². The summed E-state index contributed by atoms with van der Waals surface area (Å²) in [5.41, 5.74) is 7.44. The molecule has 0 aliphatic heterocycles. The first-order valence-corrected chi connectivity index (χ1v) is 3.42. The van der Waals surface area contributed by atoms with E-state index in [4.69, 9.17) is 5.73 Å². The fourth-order valence-corrected chi connectivity index (χ4v) is 0.912. The monoisotopic (exact) mass is 136 g/mol. The molecule has 0 spiro atoms. The standard InChI is InChI=1S/C8H12N2/c1-6(2)8-7(9)4-3-5-10-8/h3-6H,9H2,1-2H3. The number of nitrogens with two attached hydrogens (primary N) is 1. The fourth-order valence-electron chi connectivity index (χ4n) is 0.912. The number of anilines is 1. The normalized spacial score (nSPS) is 10.3. The van der Waals surface area contributed by atoms with Crippen LogP contribution < -0.4 is 5.73 Å². The Labute approximate surface area is 61.1 Å². The zero-order valence-corrected chi connectivity index (χ0v) is 6.33. The summed E-state index contributed by atoms with van der Waals surface area (Å²) in [6.07, 6.45) is 1.77. The number of hydrogen-bond acceptors (Lipinski definition) is 2. The van der Waals surface area contributed by atoms with Crippen molar-refractivity contribution in [1.29, 1.82) is 0 Å². The molecule has 1 rings (SSSR count). The molecule has 10 heavy (non-hydrogen) atoms. The molecule has 1 aromatic heterocycles. The summed E-state index contributed by atoms with van der Waals surface area (Å²) in [6, 6.07) is 3.73. The lowest BCUT2D eigenvalue weighted by molar-refractivity contribution is 0.827. The summed E-state index contributed by atoms with van der Waals surface area (Å²) in [6.45, 7) is 4.16. The van der Waals surface area contributed by atoms with Gasteiger partial charge in [0.05, 0.1) is 11.4 Å². The van der Waals surface area contributed by atoms with Crippen LogP contribution in [0.15, 0.2) is 18.3 Å². The molecular formula is C8H12N2. The van der Waals surface area contributed by atoms with Gasteiger partial charge in [0, 0.05) is 6.20 Å². The quantitative estimate of drug-likeness (QED) is 0.639. The molecule has 0 bridgehead atoms. The van der Waals surface area contributed by atoms with Gasteiger partial charge in [-0.1, -0.05) is 13.8 Å². The smallest absolute Gasteiger partial charge is 0.0657 e. The molecule has 2 nitrogen and oxygen atoms in total. The van der Waals surface area contributed by atoms with E-state index in [0.29, 0.717) is 5.92 Å². The Morgan fingerprint density at radius 2 is 2.20 bits per heavy atom. The van der Waals surface area contributed by atoms with E-state index in [9.17, 15) is 0 Å². The molecule has 0 unspecified atom stereocenters. The van der Waals surface area contributed by atoms with Crippen molar-refractivity contribution in [2.45, 2.75) is 19.8 Å². The second kappa shape index (κ2) is 2.69. The van der Waals surface area contributed by atoms with Gasteiger partial charge in [-0.25, -0.2) is 0 Å². The van der Waals surface area contributed by atoms with Crippen molar-refractivity contribution in [1.82, 2.24) is 4.98 Å². The van der Waals surface area contributed by atoms with Crippen LogP contribution in [0.2, 0.25) is 0 Å². The summed E-state index contributed by atoms with van der Waals surface area (Å²) in [5, 5.41) is 0. The molecule has 0 aliphatic rings. The molecule has 0 aliphatic carbocycles. The Morgan fingerprint density at radius 3 is 2.60 bits per heavy atom. The first-order chi connectivity index (χ1) is 4.72. The van der Waals surface area contributed by atoms with Crippen molar-refractivity contribution >= 4 is 5.69 Å². The van der Waals surface area contributed by atoms with Gasteiger partial charge in [-0.2, -0.15) is 0 Å². The minimum absolute atomic E-state index is 0.418. The van der Waals surface area contributed by atoms with Gasteiger partial charge >= 0.3 is 0 Å². The second-order valence-electron chi connectivity index (χ2n) is 2.63. The number of nitrogens with zero attached hydrogens (tertiary/aromatic N) is 1. The van der Waals surface area contributed by atoms with Gasteiger partial charge in [-0.15, -0.1) is 0 Å². The zero-order chi connectivity index (χ0) is 7.56. The van der Waals surface area contributed by atoms with Gasteiger partial charge in [-0.05, 0) is 18.1 Å². The second-order valence-corrected chi connectivity index (χ2v) is 2.63. The summed E-state index contributed by atoms with van der Waals surface area (Å²) in [7, 11) is 0. The first-order valence-electron chi connectivity index (χ1n) is 3.42. The van der Waals surface area contributed by atoms with Crippen molar-refractivity contribution in [2.24, 2.45) is 0 Å². The lowest BCUT2D eigenvalue weighted by Gasteiger charge is -2.05. The highest BCUT2D eigenvalue weighted by atomic mass is 14.7. The average Bonchev–Trinajstić information content (AvgIpc) is 1.88. The van der Waals surface area contributed by atoms with E-state index < -0.39 is 0 Å². The Kier molecular flexibility index (Phi) is 1.90. The molecule has 0 amide bonds. The summed E-state index contributed by atoms with van der Waals surface area (Å²) >= 11 is 0. The van der Waals surface area contributed by atoms with E-state index >= 15 is 0 Å². The molecule has 0 radical (unpaired) electrons. The van der Waals surface area contributed by atoms with Crippen molar-refractivity contribution in [3.63, 3.8) is 0 Å². The maximum absolute atomic E-state index is 5.66. The van der Waals surface area contributed by atoms with E-state index in [-0.39, 0.29) is 0 Å². The van der Waals surface area contributed by atoms with Crippen LogP contribution >= 0.6 is 0 Å². The molecule has 0 fully saturated rings. The van der Waals surface area contributed by atoms with Crippen molar-refractivity contribution < 1.29 is 0 Å². The third-order valence-corrected chi connectivity index (χ3v) is 1.42. The van der Waals surface area contributed by atoms with Gasteiger partial charge in [0.1, 0.15) is 0 Å². The van der Waals surface area contributed by atoms with Crippen molar-refractivity contribution in [2.75, 3.05) is 5.73 Å². The van der Waals surface area contributed by atoms with E-state index in [1.807, 2.05) is 12.1 Å². The lowest BCUT2D eigenvalue weighted by atomic mass is 10.1. The van der Waals surface area contributed by atoms with Gasteiger partial charge < -0.3 is 5.73 Å². The highest BCUT2D eigenvalue weighted by Crippen LogP contribution is 2.16. The third-order valence-electron chi connectivity index (χ3n) is 1.42. The van der Waals surface area contributed by atoms with Crippen LogP contribution in [0.25, 0.3) is 0 Å². The lowest BCUT2D eigenvalue weighted by Crippen LogP contribution is -1.98. The zero-order valence-electron chi connectivity index (χ0n) is 6.33. The van der Waals surface area contributed by atoms with Gasteiger partial charge in [-0.3, -0.25) is 4.98 Å². The summed E-state index contributed by atoms with van der Waals surface area (Å²) < 4.78 is 0. The fraction of sp³-hybridized carbons (Fsp3) is 0.375. The molecular weight excluding hydrogens is 124 g/mol. The number of pyridine rings is 1. The van der Waals surface area contributed by atoms with Crippen LogP contribution in [0.1, 0.15) is 25.5 Å². The Morgan fingerprint density at radius 1 is 1.50 bits per heavy atom.